The van der Waals surface area contributed by atoms with Crippen LogP contribution in [-0.4, -0.2) is 18.5 Å². The molecule has 0 radical (unpaired) electrons. The number of amides is 1. The lowest BCUT2D eigenvalue weighted by molar-refractivity contribution is -0.124. The first-order valence-electron chi connectivity index (χ1n) is 8.15. The van der Waals surface area contributed by atoms with Gasteiger partial charge in [0.15, 0.2) is 6.61 Å². The van der Waals surface area contributed by atoms with Crippen molar-refractivity contribution in [3.63, 3.8) is 0 Å². The number of ether oxygens (including phenoxy) is 1. The first kappa shape index (κ1) is 20.3. The van der Waals surface area contributed by atoms with Crippen molar-refractivity contribution in [1.82, 2.24) is 5.32 Å². The highest BCUT2D eigenvalue weighted by atomic mass is 35.5. The molecule has 0 aliphatic rings. The summed E-state index contributed by atoms with van der Waals surface area (Å²) in [6, 6.07) is 13.6. The maximum absolute atomic E-state index is 13.2. The molecular weight excluding hydrogens is 424 g/mol. The molecule has 1 N–H and O–H groups in total. The average Bonchev–Trinajstić information content (AvgIpc) is 3.21. The quantitative estimate of drug-likeness (QED) is 0.535. The Kier molecular flexibility index (Phi) is 6.67. The lowest BCUT2D eigenvalue weighted by atomic mass is 10.1. The topological polar surface area (TPSA) is 55.4 Å². The monoisotopic (exact) mass is 437 g/mol. The molecule has 28 heavy (non-hydrogen) atoms. The first-order valence-corrected chi connectivity index (χ1v) is 9.78. The van der Waals surface area contributed by atoms with Crippen molar-refractivity contribution in [2.24, 2.45) is 0 Å². The molecule has 8 heteroatoms. The van der Waals surface area contributed by atoms with Crippen LogP contribution in [-0.2, 0) is 9.53 Å². The zero-order chi connectivity index (χ0) is 20.1. The Balaban J connectivity index is 1.68. The Labute approximate surface area is 174 Å². The fraction of sp³-hybridized carbons (Fsp3) is 0.100. The number of hydrogen-bond donors (Lipinski definition) is 1. The van der Waals surface area contributed by atoms with E-state index in [1.807, 2.05) is 17.5 Å². The lowest BCUT2D eigenvalue weighted by Crippen LogP contribution is -2.32. The Hall–Kier alpha value is -2.41. The van der Waals surface area contributed by atoms with Crippen molar-refractivity contribution in [2.45, 2.75) is 6.04 Å². The summed E-state index contributed by atoms with van der Waals surface area (Å²) < 4.78 is 18.3. The van der Waals surface area contributed by atoms with Gasteiger partial charge in [-0.25, -0.2) is 9.18 Å². The van der Waals surface area contributed by atoms with Crippen molar-refractivity contribution >= 4 is 46.4 Å². The number of halogens is 3. The van der Waals surface area contributed by atoms with Gasteiger partial charge in [0, 0.05) is 4.88 Å². The lowest BCUT2D eigenvalue weighted by Gasteiger charge is -2.18. The number of carbonyl (C=O) groups excluding carboxylic acids is 2. The van der Waals surface area contributed by atoms with Crippen LogP contribution in [0.15, 0.2) is 60.0 Å². The van der Waals surface area contributed by atoms with Gasteiger partial charge in [0.2, 0.25) is 0 Å². The van der Waals surface area contributed by atoms with Gasteiger partial charge in [-0.15, -0.1) is 11.3 Å². The molecule has 0 aliphatic heterocycles. The molecule has 1 atom stereocenters. The highest BCUT2D eigenvalue weighted by Crippen LogP contribution is 2.27. The second-order valence-corrected chi connectivity index (χ2v) is 7.51. The highest BCUT2D eigenvalue weighted by molar-refractivity contribution is 7.10. The number of benzene rings is 2. The van der Waals surface area contributed by atoms with Gasteiger partial charge in [-0.3, -0.25) is 4.79 Å². The molecule has 3 rings (SSSR count). The van der Waals surface area contributed by atoms with Crippen LogP contribution < -0.4 is 5.32 Å². The standard InChI is InChI=1S/C20H14Cl2FNO3S/c21-15-4-1-3-14(18(15)22)20(26)27-11-17(25)24-19(16-5-2-10-28-16)12-6-8-13(23)9-7-12/h1-10,19H,11H2,(H,24,25). The number of rotatable bonds is 6. The summed E-state index contributed by atoms with van der Waals surface area (Å²) in [7, 11) is 0. The van der Waals surface area contributed by atoms with E-state index in [0.717, 1.165) is 4.88 Å². The van der Waals surface area contributed by atoms with Crippen LogP contribution in [0.25, 0.3) is 0 Å². The summed E-state index contributed by atoms with van der Waals surface area (Å²) in [4.78, 5) is 25.4. The molecule has 4 nitrogen and oxygen atoms in total. The van der Waals surface area contributed by atoms with Crippen molar-refractivity contribution in [3.05, 3.63) is 91.8 Å². The highest BCUT2D eigenvalue weighted by Gasteiger charge is 2.20. The third-order valence-electron chi connectivity index (χ3n) is 3.84. The molecule has 0 fully saturated rings. The Morgan fingerprint density at radius 2 is 1.82 bits per heavy atom. The Morgan fingerprint density at radius 3 is 2.50 bits per heavy atom. The van der Waals surface area contributed by atoms with Crippen molar-refractivity contribution < 1.29 is 18.7 Å². The molecule has 3 aromatic rings. The van der Waals surface area contributed by atoms with E-state index in [0.29, 0.717) is 5.56 Å². The molecular formula is C20H14Cl2FNO3S. The van der Waals surface area contributed by atoms with E-state index in [4.69, 9.17) is 27.9 Å². The predicted molar refractivity (Wildman–Crippen MR) is 107 cm³/mol. The second-order valence-electron chi connectivity index (χ2n) is 5.75. The first-order chi connectivity index (χ1) is 13.5. The zero-order valence-electron chi connectivity index (χ0n) is 14.3. The van der Waals surface area contributed by atoms with Gasteiger partial charge in [-0.1, -0.05) is 47.5 Å². The van der Waals surface area contributed by atoms with Gasteiger partial charge in [0.05, 0.1) is 21.7 Å². The summed E-state index contributed by atoms with van der Waals surface area (Å²) in [5.41, 5.74) is 0.789. The summed E-state index contributed by atoms with van der Waals surface area (Å²) in [5, 5.41) is 4.96. The minimum atomic E-state index is -0.753. The molecule has 2 aromatic carbocycles. The minimum absolute atomic E-state index is 0.0670. The van der Waals surface area contributed by atoms with E-state index in [9.17, 15) is 14.0 Å². The molecule has 1 aromatic heterocycles. The number of nitrogens with one attached hydrogen (secondary N) is 1. The molecule has 1 unspecified atom stereocenters. The normalized spacial score (nSPS) is 11.7. The molecule has 0 saturated heterocycles. The maximum atomic E-state index is 13.2. The third kappa shape index (κ3) is 4.90. The largest absolute Gasteiger partial charge is 0.452 e. The Morgan fingerprint density at radius 1 is 1.07 bits per heavy atom. The zero-order valence-corrected chi connectivity index (χ0v) is 16.7. The third-order valence-corrected chi connectivity index (χ3v) is 5.60. The molecule has 0 spiro atoms. The van der Waals surface area contributed by atoms with E-state index < -0.39 is 24.5 Å². The molecule has 144 valence electrons. The number of esters is 1. The molecule has 0 saturated carbocycles. The summed E-state index contributed by atoms with van der Waals surface area (Å²) in [6.07, 6.45) is 0. The van der Waals surface area contributed by atoms with Gasteiger partial charge in [-0.05, 0) is 41.3 Å². The van der Waals surface area contributed by atoms with Crippen molar-refractivity contribution in [3.8, 4) is 0 Å². The predicted octanol–water partition coefficient (Wildman–Crippen LogP) is 5.26. The van der Waals surface area contributed by atoms with Crippen LogP contribution in [0.5, 0.6) is 0 Å². The van der Waals surface area contributed by atoms with E-state index in [2.05, 4.69) is 5.32 Å². The number of carbonyl (C=O) groups is 2. The molecule has 0 bridgehead atoms. The van der Waals surface area contributed by atoms with Crippen molar-refractivity contribution in [1.29, 1.82) is 0 Å². The van der Waals surface area contributed by atoms with E-state index in [1.54, 1.807) is 24.3 Å². The smallest absolute Gasteiger partial charge is 0.340 e. The van der Waals surface area contributed by atoms with Crippen LogP contribution in [0.3, 0.4) is 0 Å². The summed E-state index contributed by atoms with van der Waals surface area (Å²) in [6.45, 7) is -0.495. The van der Waals surface area contributed by atoms with Crippen LogP contribution in [0, 0.1) is 5.82 Å². The van der Waals surface area contributed by atoms with Crippen LogP contribution in [0.4, 0.5) is 4.39 Å². The van der Waals surface area contributed by atoms with Gasteiger partial charge in [-0.2, -0.15) is 0 Å². The SMILES string of the molecule is O=C(COC(=O)c1cccc(Cl)c1Cl)NC(c1ccc(F)cc1)c1cccs1. The summed E-state index contributed by atoms with van der Waals surface area (Å²) >= 11 is 13.3. The number of thiophene rings is 1. The Bertz CT molecular complexity index is 978. The van der Waals surface area contributed by atoms with Crippen LogP contribution in [0.1, 0.15) is 26.8 Å². The van der Waals surface area contributed by atoms with Gasteiger partial charge >= 0.3 is 5.97 Å². The van der Waals surface area contributed by atoms with Gasteiger partial charge in [0.25, 0.3) is 5.91 Å². The fourth-order valence-corrected chi connectivity index (χ4v) is 3.68. The number of hydrogen-bond acceptors (Lipinski definition) is 4. The van der Waals surface area contributed by atoms with Crippen molar-refractivity contribution in [2.75, 3.05) is 6.61 Å². The van der Waals surface area contributed by atoms with Crippen LogP contribution >= 0.6 is 34.5 Å². The van der Waals surface area contributed by atoms with Gasteiger partial charge in [0.1, 0.15) is 5.82 Å². The minimum Gasteiger partial charge on any atom is -0.452 e. The van der Waals surface area contributed by atoms with Crippen LogP contribution in [0.2, 0.25) is 10.0 Å². The van der Waals surface area contributed by atoms with E-state index >= 15 is 0 Å². The maximum Gasteiger partial charge on any atom is 0.340 e. The van der Waals surface area contributed by atoms with E-state index in [1.165, 1.54) is 29.5 Å². The molecule has 1 heterocycles. The summed E-state index contributed by atoms with van der Waals surface area (Å²) in [5.74, 6) is -1.63. The second kappa shape index (κ2) is 9.19. The molecule has 1 amide bonds. The fourth-order valence-electron chi connectivity index (χ4n) is 2.50. The van der Waals surface area contributed by atoms with E-state index in [-0.39, 0.29) is 21.4 Å². The van der Waals surface area contributed by atoms with Gasteiger partial charge < -0.3 is 10.1 Å². The average molecular weight is 438 g/mol. The molecule has 0 aliphatic carbocycles.